The molecule has 0 N–H and O–H groups in total. The zero-order chi connectivity index (χ0) is 14.8. The summed E-state index contributed by atoms with van der Waals surface area (Å²) in [5, 5.41) is 12.3. The molecular weight excluding hydrogens is 284 g/mol. The Morgan fingerprint density at radius 1 is 1.29 bits per heavy atom. The first-order chi connectivity index (χ1) is 10.2. The summed E-state index contributed by atoms with van der Waals surface area (Å²) < 4.78 is 0.631. The van der Waals surface area contributed by atoms with Crippen LogP contribution in [0.5, 0.6) is 0 Å². The van der Waals surface area contributed by atoms with E-state index in [4.69, 9.17) is 0 Å². The van der Waals surface area contributed by atoms with Crippen molar-refractivity contribution in [1.82, 2.24) is 0 Å². The molecule has 0 radical (unpaired) electrons. The number of nitrogens with zero attached hydrogens (tertiary/aromatic N) is 2. The first-order valence-corrected chi connectivity index (χ1v) is 7.80. The largest absolute Gasteiger partial charge is 0.618 e. The molecule has 0 bridgehead atoms. The number of fused-ring (bicyclic) bond motifs is 1. The lowest BCUT2D eigenvalue weighted by atomic mass is 10.2. The van der Waals surface area contributed by atoms with Crippen molar-refractivity contribution < 1.29 is 9.52 Å². The van der Waals surface area contributed by atoms with Gasteiger partial charge in [-0.3, -0.25) is 4.79 Å². The van der Waals surface area contributed by atoms with E-state index in [-0.39, 0.29) is 11.6 Å². The Balaban J connectivity index is 2.02. The molecule has 1 unspecified atom stereocenters. The number of pyridine rings is 1. The second kappa shape index (κ2) is 5.77. The zero-order valence-corrected chi connectivity index (χ0v) is 12.5. The second-order valence-corrected chi connectivity index (χ2v) is 6.53. The fourth-order valence-electron chi connectivity index (χ4n) is 2.43. The van der Waals surface area contributed by atoms with E-state index < -0.39 is 0 Å². The highest BCUT2D eigenvalue weighted by atomic mass is 32.2. The van der Waals surface area contributed by atoms with Gasteiger partial charge >= 0.3 is 5.91 Å². The molecule has 2 heterocycles. The molecule has 0 aliphatic carbocycles. The van der Waals surface area contributed by atoms with Gasteiger partial charge < -0.3 is 10.1 Å². The van der Waals surface area contributed by atoms with Gasteiger partial charge in [-0.25, -0.2) is 0 Å². The fraction of sp³-hybridized carbons (Fsp3) is 0.250. The smallest absolute Gasteiger partial charge is 0.324 e. The molecule has 3 rings (SSSR count). The minimum Gasteiger partial charge on any atom is -0.618 e. The van der Waals surface area contributed by atoms with Crippen LogP contribution in [0.1, 0.15) is 23.8 Å². The first kappa shape index (κ1) is 13.9. The van der Waals surface area contributed by atoms with Crippen molar-refractivity contribution >= 4 is 23.4 Å². The number of aromatic nitrogens is 1. The number of thioether (sulfide) groups is 1. The van der Waals surface area contributed by atoms with Crippen molar-refractivity contribution in [3.05, 3.63) is 59.6 Å². The quantitative estimate of drug-likeness (QED) is 0.601. The van der Waals surface area contributed by atoms with Gasteiger partial charge in [0.2, 0.25) is 0 Å². The number of amides is 1. The summed E-state index contributed by atoms with van der Waals surface area (Å²) in [6.45, 7) is 2.78. The monoisotopic (exact) mass is 300 g/mol. The molecule has 1 aromatic heterocycles. The molecular formula is C16H16N2O2S. The van der Waals surface area contributed by atoms with Crippen LogP contribution in [0.4, 0.5) is 5.69 Å². The third kappa shape index (κ3) is 2.74. The predicted octanol–water partition coefficient (Wildman–Crippen LogP) is 2.85. The Morgan fingerprint density at radius 2 is 2.05 bits per heavy atom. The van der Waals surface area contributed by atoms with Gasteiger partial charge in [0.25, 0.3) is 5.69 Å². The fourth-order valence-corrected chi connectivity index (χ4v) is 3.54. The maximum absolute atomic E-state index is 12.7. The van der Waals surface area contributed by atoms with Crippen LogP contribution in [0.3, 0.4) is 0 Å². The van der Waals surface area contributed by atoms with Crippen molar-refractivity contribution in [2.45, 2.75) is 23.5 Å². The topological polar surface area (TPSA) is 47.2 Å². The molecule has 0 saturated heterocycles. The number of hydrogen-bond donors (Lipinski definition) is 0. The summed E-state index contributed by atoms with van der Waals surface area (Å²) in [5.74, 6) is -0.243. The summed E-state index contributed by atoms with van der Waals surface area (Å²) in [5.41, 5.74) is 1.05. The number of hydrogen-bond acceptors (Lipinski definition) is 3. The molecule has 108 valence electrons. The minimum absolute atomic E-state index is 0.159. The molecule has 0 spiro atoms. The van der Waals surface area contributed by atoms with Crippen molar-refractivity contribution in [1.29, 1.82) is 0 Å². The Labute approximate surface area is 128 Å². The van der Waals surface area contributed by atoms with Crippen LogP contribution in [0.2, 0.25) is 0 Å². The summed E-state index contributed by atoms with van der Waals surface area (Å²) >= 11 is 1.77. The predicted molar refractivity (Wildman–Crippen MR) is 83.5 cm³/mol. The van der Waals surface area contributed by atoms with Crippen molar-refractivity contribution in [2.75, 3.05) is 11.4 Å². The summed E-state index contributed by atoms with van der Waals surface area (Å²) in [6, 6.07) is 12.8. The highest BCUT2D eigenvalue weighted by molar-refractivity contribution is 8.00. The van der Waals surface area contributed by atoms with Crippen LogP contribution in [0.25, 0.3) is 0 Å². The average Bonchev–Trinajstić information content (AvgIpc) is 2.65. The molecule has 4 nitrogen and oxygen atoms in total. The van der Waals surface area contributed by atoms with Crippen molar-refractivity contribution in [2.24, 2.45) is 0 Å². The van der Waals surface area contributed by atoms with E-state index in [0.717, 1.165) is 17.0 Å². The minimum atomic E-state index is -0.243. The van der Waals surface area contributed by atoms with Gasteiger partial charge in [0, 0.05) is 28.8 Å². The third-order valence-electron chi connectivity index (χ3n) is 3.53. The Kier molecular flexibility index (Phi) is 3.84. The number of benzene rings is 1. The number of carbonyl (C=O) groups excluding carboxylic acids is 1. The maximum Gasteiger partial charge on any atom is 0.324 e. The summed E-state index contributed by atoms with van der Waals surface area (Å²) in [6.07, 6.45) is 2.26. The van der Waals surface area contributed by atoms with Crippen LogP contribution in [0.15, 0.2) is 53.6 Å². The van der Waals surface area contributed by atoms with Crippen LogP contribution in [0, 0.1) is 5.21 Å². The summed E-state index contributed by atoms with van der Waals surface area (Å²) in [4.78, 5) is 15.5. The van der Waals surface area contributed by atoms with Gasteiger partial charge in [0.15, 0.2) is 6.20 Å². The Hall–Kier alpha value is -2.01. The first-order valence-electron chi connectivity index (χ1n) is 6.92. The highest BCUT2D eigenvalue weighted by Gasteiger charge is 2.28. The molecule has 1 atom stereocenters. The van der Waals surface area contributed by atoms with E-state index in [1.165, 1.54) is 6.20 Å². The van der Waals surface area contributed by atoms with Gasteiger partial charge in [-0.15, -0.1) is 11.8 Å². The normalized spacial score (nSPS) is 18.0. The molecule has 1 amide bonds. The molecule has 2 aromatic rings. The molecule has 21 heavy (non-hydrogen) atoms. The number of carbonyl (C=O) groups is 1. The van der Waals surface area contributed by atoms with E-state index in [0.29, 0.717) is 16.5 Å². The molecule has 5 heteroatoms. The zero-order valence-electron chi connectivity index (χ0n) is 11.7. The number of anilines is 1. The van der Waals surface area contributed by atoms with Crippen LogP contribution in [-0.4, -0.2) is 17.7 Å². The van der Waals surface area contributed by atoms with Gasteiger partial charge in [-0.1, -0.05) is 19.1 Å². The van der Waals surface area contributed by atoms with Gasteiger partial charge in [-0.2, -0.15) is 4.73 Å². The lowest BCUT2D eigenvalue weighted by Crippen LogP contribution is -2.42. The van der Waals surface area contributed by atoms with Gasteiger partial charge in [-0.05, 0) is 24.6 Å². The van der Waals surface area contributed by atoms with Crippen molar-refractivity contribution in [3.8, 4) is 0 Å². The SMILES string of the molecule is CC1CCN(C(=O)c2cccc[n+]2[O-])c2ccccc2S1. The molecule has 0 fully saturated rings. The Bertz CT molecular complexity index is 675. The van der Waals surface area contributed by atoms with Crippen molar-refractivity contribution in [3.63, 3.8) is 0 Å². The van der Waals surface area contributed by atoms with E-state index in [9.17, 15) is 10.0 Å². The van der Waals surface area contributed by atoms with Gasteiger partial charge in [0.05, 0.1) is 5.69 Å². The maximum atomic E-state index is 12.7. The number of para-hydroxylation sites is 1. The second-order valence-electron chi connectivity index (χ2n) is 5.05. The molecule has 1 aliphatic rings. The third-order valence-corrected chi connectivity index (χ3v) is 4.77. The summed E-state index contributed by atoms with van der Waals surface area (Å²) in [7, 11) is 0. The van der Waals surface area contributed by atoms with Crippen LogP contribution >= 0.6 is 11.8 Å². The number of rotatable bonds is 1. The van der Waals surface area contributed by atoms with Gasteiger partial charge in [0.1, 0.15) is 0 Å². The lowest BCUT2D eigenvalue weighted by molar-refractivity contribution is -0.607. The molecule has 1 aliphatic heterocycles. The Morgan fingerprint density at radius 3 is 2.86 bits per heavy atom. The van der Waals surface area contributed by atoms with E-state index in [1.54, 1.807) is 34.9 Å². The van der Waals surface area contributed by atoms with E-state index >= 15 is 0 Å². The van der Waals surface area contributed by atoms with E-state index in [1.807, 2.05) is 24.3 Å². The average molecular weight is 300 g/mol. The highest BCUT2D eigenvalue weighted by Crippen LogP contribution is 2.37. The molecule has 1 aromatic carbocycles. The van der Waals surface area contributed by atoms with Crippen LogP contribution < -0.4 is 9.63 Å². The van der Waals surface area contributed by atoms with Crippen LogP contribution in [-0.2, 0) is 0 Å². The standard InChI is InChI=1S/C16H16N2O2S/c1-12-9-11-17(13-6-2-3-8-15(13)21-12)16(19)14-7-4-5-10-18(14)20/h2-8,10,12H,9,11H2,1H3. The lowest BCUT2D eigenvalue weighted by Gasteiger charge is -2.21. The van der Waals surface area contributed by atoms with E-state index in [2.05, 4.69) is 6.92 Å². The molecule has 0 saturated carbocycles.